The molecule has 1 aromatic carbocycles. The van der Waals surface area contributed by atoms with Crippen LogP contribution in [0.15, 0.2) is 42.5 Å². The van der Waals surface area contributed by atoms with Crippen molar-refractivity contribution in [3.63, 3.8) is 0 Å². The minimum absolute atomic E-state index is 0.403. The second-order valence-electron chi connectivity index (χ2n) is 4.43. The third kappa shape index (κ3) is 5.78. The lowest BCUT2D eigenvalue weighted by Gasteiger charge is -2.16. The summed E-state index contributed by atoms with van der Waals surface area (Å²) in [6.45, 7) is 2.39. The average Bonchev–Trinajstić information content (AvgIpc) is 2.53. The number of carbonyl (C=O) groups excluding carboxylic acids is 1. The van der Waals surface area contributed by atoms with Crippen LogP contribution in [0, 0.1) is 6.92 Å². The summed E-state index contributed by atoms with van der Waals surface area (Å²) in [7, 11) is 1.81. The van der Waals surface area contributed by atoms with Crippen molar-refractivity contribution in [3.8, 4) is 5.88 Å². The van der Waals surface area contributed by atoms with Crippen LogP contribution in [-0.2, 0) is 11.4 Å². The highest BCUT2D eigenvalue weighted by molar-refractivity contribution is 5.51. The summed E-state index contributed by atoms with van der Waals surface area (Å²) < 4.78 is 5.67. The fraction of sp³-hybridized carbons (Fsp3) is 0.200. The van der Waals surface area contributed by atoms with Gasteiger partial charge in [-0.1, -0.05) is 24.3 Å². The van der Waals surface area contributed by atoms with Crippen LogP contribution in [0.5, 0.6) is 5.88 Å². The zero-order valence-electron chi connectivity index (χ0n) is 12.7. The first-order valence-corrected chi connectivity index (χ1v) is 6.61. The fourth-order valence-corrected chi connectivity index (χ4v) is 1.73. The minimum atomic E-state index is 0.403. The number of ether oxygens (including phenoxy) is 1. The highest BCUT2D eigenvalue weighted by atomic mass is 16.5. The number of amides is 1. The Morgan fingerprint density at radius 3 is 2.55 bits per heavy atom. The summed E-state index contributed by atoms with van der Waals surface area (Å²) in [5.74, 6) is 10.8. The Morgan fingerprint density at radius 1 is 1.27 bits per heavy atom. The van der Waals surface area contributed by atoms with Crippen LogP contribution < -0.4 is 26.9 Å². The molecule has 0 radical (unpaired) electrons. The summed E-state index contributed by atoms with van der Waals surface area (Å²) in [6, 6.07) is 13.6. The molecule has 7 heteroatoms. The molecule has 0 saturated carbocycles. The van der Waals surface area contributed by atoms with Gasteiger partial charge in [0.15, 0.2) is 0 Å². The number of carbonyl (C=O) groups is 1. The number of rotatable bonds is 5. The first-order valence-electron chi connectivity index (χ1n) is 6.61. The molecule has 0 saturated heterocycles. The van der Waals surface area contributed by atoms with Gasteiger partial charge in [0.2, 0.25) is 12.3 Å². The highest BCUT2D eigenvalue weighted by Crippen LogP contribution is 2.19. The Morgan fingerprint density at radius 2 is 1.95 bits per heavy atom. The zero-order valence-corrected chi connectivity index (χ0v) is 12.7. The van der Waals surface area contributed by atoms with Gasteiger partial charge in [-0.05, 0) is 19.1 Å². The zero-order chi connectivity index (χ0) is 16.4. The standard InChI is InChI=1S/C14H17N3O.CH4N2O/c1-11-6-5-9-14(16-11)18-10-12-7-3-4-8-13(12)17(2)15;2-3-1-4/h3-9H,10,15H2,1-2H3;1H,2H2,(H,3,4). The van der Waals surface area contributed by atoms with Gasteiger partial charge in [0.25, 0.3) is 0 Å². The smallest absolute Gasteiger partial charge is 0.221 e. The maximum Gasteiger partial charge on any atom is 0.221 e. The number of nitrogens with two attached hydrogens (primary N) is 2. The van der Waals surface area contributed by atoms with E-state index in [1.54, 1.807) is 10.4 Å². The maximum atomic E-state index is 8.94. The van der Waals surface area contributed by atoms with E-state index in [9.17, 15) is 0 Å². The molecule has 2 rings (SSSR count). The lowest BCUT2D eigenvalue weighted by molar-refractivity contribution is -0.109. The molecule has 5 N–H and O–H groups in total. The molecule has 2 aromatic rings. The number of aryl methyl sites for hydroxylation is 1. The molecule has 0 aliphatic rings. The van der Waals surface area contributed by atoms with Crippen molar-refractivity contribution in [2.75, 3.05) is 12.1 Å². The van der Waals surface area contributed by atoms with E-state index in [1.165, 1.54) is 0 Å². The molecular formula is C15H21N5O2. The van der Waals surface area contributed by atoms with Crippen LogP contribution in [0.3, 0.4) is 0 Å². The Labute approximate surface area is 129 Å². The number of hydrogen-bond acceptors (Lipinski definition) is 6. The summed E-state index contributed by atoms with van der Waals surface area (Å²) in [6.07, 6.45) is 0.403. The molecule has 1 aromatic heterocycles. The Kier molecular flexibility index (Phi) is 7.38. The highest BCUT2D eigenvalue weighted by Gasteiger charge is 2.05. The van der Waals surface area contributed by atoms with Crippen LogP contribution in [0.4, 0.5) is 5.69 Å². The summed E-state index contributed by atoms with van der Waals surface area (Å²) in [5, 5.41) is 1.59. The molecule has 1 heterocycles. The second kappa shape index (κ2) is 9.32. The normalized spacial score (nSPS) is 9.27. The number of anilines is 1. The largest absolute Gasteiger partial charge is 0.473 e. The van der Waals surface area contributed by atoms with E-state index >= 15 is 0 Å². The molecule has 0 aliphatic heterocycles. The topological polar surface area (TPSA) is 106 Å². The van der Waals surface area contributed by atoms with Crippen molar-refractivity contribution in [2.45, 2.75) is 13.5 Å². The molecule has 118 valence electrons. The number of benzene rings is 1. The van der Waals surface area contributed by atoms with Crippen molar-refractivity contribution in [1.29, 1.82) is 0 Å². The van der Waals surface area contributed by atoms with Crippen molar-refractivity contribution >= 4 is 12.1 Å². The van der Waals surface area contributed by atoms with Gasteiger partial charge < -0.3 is 9.75 Å². The quantitative estimate of drug-likeness (QED) is 0.328. The SMILES string of the molecule is Cc1cccc(OCc2ccccc2N(C)N)n1.NNC=O. The van der Waals surface area contributed by atoms with Gasteiger partial charge >= 0.3 is 0 Å². The number of pyridine rings is 1. The predicted molar refractivity (Wildman–Crippen MR) is 85.7 cm³/mol. The number of nitrogens with zero attached hydrogens (tertiary/aromatic N) is 2. The Bertz CT molecular complexity index is 590. The number of hydrazine groups is 2. The monoisotopic (exact) mass is 303 g/mol. The van der Waals surface area contributed by atoms with Gasteiger partial charge in [-0.2, -0.15) is 0 Å². The van der Waals surface area contributed by atoms with Gasteiger partial charge in [-0.25, -0.2) is 16.7 Å². The predicted octanol–water partition coefficient (Wildman–Crippen LogP) is 0.885. The van der Waals surface area contributed by atoms with Crippen LogP contribution in [0.1, 0.15) is 11.3 Å². The Balaban J connectivity index is 0.000000541. The van der Waals surface area contributed by atoms with Gasteiger partial charge in [0, 0.05) is 24.4 Å². The second-order valence-corrected chi connectivity index (χ2v) is 4.43. The molecule has 0 fully saturated rings. The van der Waals surface area contributed by atoms with Crippen LogP contribution in [0.25, 0.3) is 0 Å². The molecule has 1 amide bonds. The van der Waals surface area contributed by atoms with Gasteiger partial charge in [0.1, 0.15) is 6.61 Å². The van der Waals surface area contributed by atoms with Gasteiger partial charge in [0.05, 0.1) is 5.69 Å². The molecule has 0 aliphatic carbocycles. The van der Waals surface area contributed by atoms with E-state index in [-0.39, 0.29) is 0 Å². The maximum absolute atomic E-state index is 8.94. The van der Waals surface area contributed by atoms with E-state index in [1.807, 2.05) is 56.4 Å². The molecule has 22 heavy (non-hydrogen) atoms. The van der Waals surface area contributed by atoms with E-state index in [2.05, 4.69) is 10.8 Å². The van der Waals surface area contributed by atoms with Crippen molar-refractivity contribution in [3.05, 3.63) is 53.7 Å². The van der Waals surface area contributed by atoms with E-state index in [0.29, 0.717) is 18.9 Å². The summed E-state index contributed by atoms with van der Waals surface area (Å²) >= 11 is 0. The average molecular weight is 303 g/mol. The molecule has 0 unspecified atom stereocenters. The van der Waals surface area contributed by atoms with Crippen LogP contribution >= 0.6 is 0 Å². The number of para-hydroxylation sites is 1. The molecule has 7 nitrogen and oxygen atoms in total. The Hall–Kier alpha value is -2.64. The lowest BCUT2D eigenvalue weighted by atomic mass is 10.2. The summed E-state index contributed by atoms with van der Waals surface area (Å²) in [4.78, 5) is 13.2. The molecular weight excluding hydrogens is 282 g/mol. The molecule has 0 spiro atoms. The third-order valence-corrected chi connectivity index (χ3v) is 2.68. The van der Waals surface area contributed by atoms with Crippen LogP contribution in [0.2, 0.25) is 0 Å². The fourth-order valence-electron chi connectivity index (χ4n) is 1.73. The van der Waals surface area contributed by atoms with Gasteiger partial charge in [-0.15, -0.1) is 0 Å². The number of hydrogen-bond donors (Lipinski definition) is 3. The van der Waals surface area contributed by atoms with Crippen molar-refractivity contribution < 1.29 is 9.53 Å². The lowest BCUT2D eigenvalue weighted by Crippen LogP contribution is -2.26. The van der Waals surface area contributed by atoms with Gasteiger partial charge in [-0.3, -0.25) is 10.2 Å². The van der Waals surface area contributed by atoms with E-state index in [4.69, 9.17) is 15.4 Å². The summed E-state index contributed by atoms with van der Waals surface area (Å²) in [5.41, 5.74) is 4.67. The van der Waals surface area contributed by atoms with E-state index < -0.39 is 0 Å². The molecule has 0 atom stereocenters. The number of aromatic nitrogens is 1. The van der Waals surface area contributed by atoms with Crippen LogP contribution in [-0.4, -0.2) is 18.4 Å². The van der Waals surface area contributed by atoms with Crippen molar-refractivity contribution in [2.24, 2.45) is 11.7 Å². The first-order chi connectivity index (χ1) is 10.6. The van der Waals surface area contributed by atoms with E-state index in [0.717, 1.165) is 16.9 Å². The van der Waals surface area contributed by atoms with Crippen molar-refractivity contribution in [1.82, 2.24) is 10.4 Å². The first kappa shape index (κ1) is 17.4. The molecule has 0 bridgehead atoms. The third-order valence-electron chi connectivity index (χ3n) is 2.68. The minimum Gasteiger partial charge on any atom is -0.473 e. The number of nitrogens with one attached hydrogen (secondary N) is 1.